The molecule has 1 N–H and O–H groups in total. The van der Waals surface area contributed by atoms with Crippen LogP contribution in [0.3, 0.4) is 0 Å². The first-order chi connectivity index (χ1) is 9.29. The Bertz CT molecular complexity index is 692. The quantitative estimate of drug-likeness (QED) is 0.765. The van der Waals surface area contributed by atoms with E-state index in [1.807, 2.05) is 19.1 Å². The second-order valence-electron chi connectivity index (χ2n) is 3.79. The molecule has 0 fully saturated rings. The van der Waals surface area contributed by atoms with Gasteiger partial charge in [0.15, 0.2) is 0 Å². The Hall–Kier alpha value is -2.19. The molecule has 0 aromatic carbocycles. The number of pyridine rings is 1. The van der Waals surface area contributed by atoms with E-state index in [1.54, 1.807) is 17.1 Å². The highest BCUT2D eigenvalue weighted by Crippen LogP contribution is 2.25. The lowest BCUT2D eigenvalue weighted by molar-refractivity contribution is 0.277. The van der Waals surface area contributed by atoms with Gasteiger partial charge in [0.05, 0.1) is 6.61 Å². The number of hydrogen-bond acceptors (Lipinski definition) is 7. The molecule has 0 saturated heterocycles. The summed E-state index contributed by atoms with van der Waals surface area (Å²) in [5, 5.41) is 26.9. The number of aliphatic hydroxyl groups excluding tert-OH is 1. The molecule has 0 unspecified atom stereocenters. The van der Waals surface area contributed by atoms with Crippen LogP contribution < -0.4 is 0 Å². The van der Waals surface area contributed by atoms with Crippen molar-refractivity contribution in [1.29, 1.82) is 0 Å². The summed E-state index contributed by atoms with van der Waals surface area (Å²) in [6.07, 6.45) is 3.36. The summed E-state index contributed by atoms with van der Waals surface area (Å²) in [6.45, 7) is 1.69. The molecule has 3 rings (SSSR count). The molecule has 3 heterocycles. The molecule has 3 aromatic heterocycles. The van der Waals surface area contributed by atoms with Crippen molar-refractivity contribution in [2.45, 2.75) is 13.5 Å². The summed E-state index contributed by atoms with van der Waals surface area (Å²) in [5.74, 6) is 0. The predicted molar refractivity (Wildman–Crippen MR) is 68.7 cm³/mol. The first-order valence-corrected chi connectivity index (χ1v) is 6.37. The van der Waals surface area contributed by atoms with Gasteiger partial charge in [0.25, 0.3) is 0 Å². The topological polar surface area (TPSA) is 89.6 Å². The molecule has 8 heteroatoms. The van der Waals surface area contributed by atoms with Crippen molar-refractivity contribution in [3.05, 3.63) is 35.2 Å². The van der Waals surface area contributed by atoms with Crippen LogP contribution in [0.2, 0.25) is 0 Å². The SMILES string of the molecule is Cc1nnc(-n2nnc(CO)c2-c2ccncc2)s1. The van der Waals surface area contributed by atoms with Crippen LogP contribution in [-0.4, -0.2) is 35.3 Å². The standard InChI is InChI=1S/C11H10N6OS/c1-7-13-15-11(19-7)17-10(9(6-18)14-16-17)8-2-4-12-5-3-8/h2-5,18H,6H2,1H3. The first kappa shape index (κ1) is 11.9. The minimum absolute atomic E-state index is 0.185. The van der Waals surface area contributed by atoms with Gasteiger partial charge in [-0.3, -0.25) is 4.98 Å². The zero-order valence-electron chi connectivity index (χ0n) is 10.1. The number of rotatable bonds is 3. The monoisotopic (exact) mass is 274 g/mol. The van der Waals surface area contributed by atoms with E-state index in [0.29, 0.717) is 16.5 Å². The van der Waals surface area contributed by atoms with Crippen molar-refractivity contribution in [2.75, 3.05) is 0 Å². The maximum absolute atomic E-state index is 9.38. The number of aliphatic hydroxyl groups is 1. The van der Waals surface area contributed by atoms with E-state index in [2.05, 4.69) is 25.5 Å². The zero-order chi connectivity index (χ0) is 13.2. The highest BCUT2D eigenvalue weighted by atomic mass is 32.1. The lowest BCUT2D eigenvalue weighted by Crippen LogP contribution is -2.00. The molecule has 0 bridgehead atoms. The molecule has 0 aliphatic heterocycles. The summed E-state index contributed by atoms with van der Waals surface area (Å²) in [7, 11) is 0. The fraction of sp³-hybridized carbons (Fsp3) is 0.182. The Morgan fingerprint density at radius 2 is 2.00 bits per heavy atom. The Kier molecular flexibility index (Phi) is 3.02. The molecule has 0 spiro atoms. The molecule has 0 aliphatic carbocycles. The molecule has 0 saturated carbocycles. The van der Waals surface area contributed by atoms with E-state index in [9.17, 15) is 5.11 Å². The Morgan fingerprint density at radius 3 is 2.63 bits per heavy atom. The van der Waals surface area contributed by atoms with Crippen LogP contribution in [0.1, 0.15) is 10.7 Å². The highest BCUT2D eigenvalue weighted by molar-refractivity contribution is 7.13. The second-order valence-corrected chi connectivity index (χ2v) is 4.95. The Balaban J connectivity index is 2.19. The van der Waals surface area contributed by atoms with Gasteiger partial charge >= 0.3 is 0 Å². The number of aryl methyl sites for hydroxylation is 1. The predicted octanol–water partition coefficient (Wildman–Crippen LogP) is 0.982. The van der Waals surface area contributed by atoms with Crippen LogP contribution in [0.5, 0.6) is 0 Å². The van der Waals surface area contributed by atoms with Gasteiger partial charge in [-0.25, -0.2) is 0 Å². The third-order valence-electron chi connectivity index (χ3n) is 2.54. The summed E-state index contributed by atoms with van der Waals surface area (Å²) in [5.41, 5.74) is 2.08. The molecule has 7 nitrogen and oxygen atoms in total. The summed E-state index contributed by atoms with van der Waals surface area (Å²) in [4.78, 5) is 3.98. The van der Waals surface area contributed by atoms with E-state index in [0.717, 1.165) is 10.6 Å². The average molecular weight is 274 g/mol. The van der Waals surface area contributed by atoms with Gasteiger partial charge in [-0.05, 0) is 19.1 Å². The minimum atomic E-state index is -0.185. The fourth-order valence-electron chi connectivity index (χ4n) is 1.72. The smallest absolute Gasteiger partial charge is 0.234 e. The van der Waals surface area contributed by atoms with Gasteiger partial charge in [0, 0.05) is 18.0 Å². The molecular formula is C11H10N6OS. The van der Waals surface area contributed by atoms with Crippen molar-refractivity contribution in [2.24, 2.45) is 0 Å². The summed E-state index contributed by atoms with van der Waals surface area (Å²) < 4.78 is 1.59. The van der Waals surface area contributed by atoms with Gasteiger partial charge in [-0.1, -0.05) is 16.6 Å². The third kappa shape index (κ3) is 2.11. The third-order valence-corrected chi connectivity index (χ3v) is 3.35. The largest absolute Gasteiger partial charge is 0.390 e. The molecule has 3 aromatic rings. The Labute approximate surface area is 112 Å². The maximum Gasteiger partial charge on any atom is 0.234 e. The second kappa shape index (κ2) is 4.82. The Morgan fingerprint density at radius 1 is 1.21 bits per heavy atom. The van der Waals surface area contributed by atoms with Gasteiger partial charge in [0.2, 0.25) is 5.13 Å². The molecule has 0 amide bonds. The van der Waals surface area contributed by atoms with Crippen LogP contribution >= 0.6 is 11.3 Å². The lowest BCUT2D eigenvalue weighted by atomic mass is 10.1. The van der Waals surface area contributed by atoms with Gasteiger partial charge < -0.3 is 5.11 Å². The van der Waals surface area contributed by atoms with E-state index >= 15 is 0 Å². The normalized spacial score (nSPS) is 10.8. The minimum Gasteiger partial charge on any atom is -0.390 e. The van der Waals surface area contributed by atoms with Gasteiger partial charge in [0.1, 0.15) is 16.4 Å². The molecular weight excluding hydrogens is 264 g/mol. The van der Waals surface area contributed by atoms with Crippen LogP contribution in [0.25, 0.3) is 16.4 Å². The van der Waals surface area contributed by atoms with Crippen LogP contribution in [-0.2, 0) is 6.61 Å². The molecule has 0 atom stereocenters. The number of nitrogens with zero attached hydrogens (tertiary/aromatic N) is 6. The average Bonchev–Trinajstić information content (AvgIpc) is 3.05. The molecule has 19 heavy (non-hydrogen) atoms. The van der Waals surface area contributed by atoms with E-state index in [1.165, 1.54) is 11.3 Å². The van der Waals surface area contributed by atoms with Crippen LogP contribution in [0.4, 0.5) is 0 Å². The summed E-state index contributed by atoms with van der Waals surface area (Å²) in [6, 6.07) is 3.67. The zero-order valence-corrected chi connectivity index (χ0v) is 10.9. The van der Waals surface area contributed by atoms with Crippen LogP contribution in [0.15, 0.2) is 24.5 Å². The van der Waals surface area contributed by atoms with Crippen molar-refractivity contribution in [3.8, 4) is 16.4 Å². The van der Waals surface area contributed by atoms with Crippen molar-refractivity contribution in [1.82, 2.24) is 30.2 Å². The molecule has 0 radical (unpaired) electrons. The molecule has 96 valence electrons. The van der Waals surface area contributed by atoms with Crippen molar-refractivity contribution in [3.63, 3.8) is 0 Å². The first-order valence-electron chi connectivity index (χ1n) is 5.56. The van der Waals surface area contributed by atoms with E-state index in [4.69, 9.17) is 0 Å². The van der Waals surface area contributed by atoms with Crippen LogP contribution in [0, 0.1) is 6.92 Å². The van der Waals surface area contributed by atoms with Gasteiger partial charge in [-0.15, -0.1) is 15.3 Å². The fourth-order valence-corrected chi connectivity index (χ4v) is 2.37. The number of hydrogen-bond donors (Lipinski definition) is 1. The van der Waals surface area contributed by atoms with Crippen molar-refractivity contribution < 1.29 is 5.11 Å². The van der Waals surface area contributed by atoms with E-state index < -0.39 is 0 Å². The lowest BCUT2D eigenvalue weighted by Gasteiger charge is -2.03. The maximum atomic E-state index is 9.38. The number of aromatic nitrogens is 6. The van der Waals surface area contributed by atoms with Gasteiger partial charge in [-0.2, -0.15) is 4.68 Å². The highest BCUT2D eigenvalue weighted by Gasteiger charge is 2.17. The van der Waals surface area contributed by atoms with E-state index in [-0.39, 0.29) is 6.61 Å². The van der Waals surface area contributed by atoms with Crippen molar-refractivity contribution >= 4 is 11.3 Å². The molecule has 0 aliphatic rings. The summed E-state index contributed by atoms with van der Waals surface area (Å²) >= 11 is 1.41.